The van der Waals surface area contributed by atoms with Crippen molar-refractivity contribution >= 4 is 29.1 Å². The maximum atomic E-state index is 12.3. The Morgan fingerprint density at radius 1 is 1.08 bits per heavy atom. The van der Waals surface area contributed by atoms with Crippen LogP contribution in [0.5, 0.6) is 0 Å². The van der Waals surface area contributed by atoms with E-state index in [0.717, 1.165) is 4.90 Å². The fraction of sp³-hybridized carbons (Fsp3) is 0.0625. The Balaban J connectivity index is 1.91. The van der Waals surface area contributed by atoms with Crippen molar-refractivity contribution in [3.05, 3.63) is 69.3 Å². The first-order valence-electron chi connectivity index (χ1n) is 6.91. The summed E-state index contributed by atoms with van der Waals surface area (Å²) in [5.74, 6) is -1.55. The molecule has 8 nitrogen and oxygen atoms in total. The highest BCUT2D eigenvalue weighted by atomic mass is 16.6. The van der Waals surface area contributed by atoms with Gasteiger partial charge in [-0.05, 0) is 24.3 Å². The van der Waals surface area contributed by atoms with E-state index < -0.39 is 22.6 Å². The maximum Gasteiger partial charge on any atom is 0.282 e. The summed E-state index contributed by atoms with van der Waals surface area (Å²) in [6, 6.07) is 9.83. The third kappa shape index (κ3) is 2.39. The zero-order valence-corrected chi connectivity index (χ0v) is 12.5. The van der Waals surface area contributed by atoms with Crippen molar-refractivity contribution in [2.45, 2.75) is 0 Å². The van der Waals surface area contributed by atoms with Crippen LogP contribution in [0.25, 0.3) is 0 Å². The van der Waals surface area contributed by atoms with Crippen LogP contribution in [0, 0.1) is 10.1 Å². The van der Waals surface area contributed by atoms with Gasteiger partial charge in [-0.25, -0.2) is 0 Å². The number of nitrogens with zero attached hydrogens (tertiary/aromatic N) is 2. The molecule has 24 heavy (non-hydrogen) atoms. The van der Waals surface area contributed by atoms with E-state index in [-0.39, 0.29) is 28.1 Å². The molecule has 1 aliphatic heterocycles. The van der Waals surface area contributed by atoms with Crippen molar-refractivity contribution in [2.75, 3.05) is 12.4 Å². The predicted octanol–water partition coefficient (Wildman–Crippen LogP) is 2.07. The standard InChI is InChI=1S/C16H11N3O5/c1-18-15(21)10-7-6-9(8-12(10)16(18)22)17-14(20)11-4-2-3-5-13(11)19(23)24/h2-8H,1H3,(H,17,20). The Bertz CT molecular complexity index is 906. The number of imide groups is 1. The lowest BCUT2D eigenvalue weighted by atomic mass is 10.1. The zero-order valence-electron chi connectivity index (χ0n) is 12.5. The molecular weight excluding hydrogens is 314 g/mol. The minimum atomic E-state index is -0.674. The maximum absolute atomic E-state index is 12.3. The van der Waals surface area contributed by atoms with Gasteiger partial charge in [-0.1, -0.05) is 12.1 Å². The van der Waals surface area contributed by atoms with Crippen molar-refractivity contribution in [2.24, 2.45) is 0 Å². The van der Waals surface area contributed by atoms with Crippen molar-refractivity contribution in [3.63, 3.8) is 0 Å². The minimum absolute atomic E-state index is 0.0949. The fourth-order valence-electron chi connectivity index (χ4n) is 2.46. The van der Waals surface area contributed by atoms with Crippen LogP contribution in [0.4, 0.5) is 11.4 Å². The van der Waals surface area contributed by atoms with Crippen molar-refractivity contribution < 1.29 is 19.3 Å². The van der Waals surface area contributed by atoms with Crippen molar-refractivity contribution in [1.82, 2.24) is 4.90 Å². The topological polar surface area (TPSA) is 110 Å². The van der Waals surface area contributed by atoms with Gasteiger partial charge in [-0.2, -0.15) is 0 Å². The lowest BCUT2D eigenvalue weighted by Gasteiger charge is -2.06. The van der Waals surface area contributed by atoms with E-state index in [1.54, 1.807) is 0 Å². The number of nitro benzene ring substituents is 1. The number of para-hydroxylation sites is 1. The van der Waals surface area contributed by atoms with E-state index in [4.69, 9.17) is 0 Å². The molecule has 0 radical (unpaired) electrons. The molecule has 0 fully saturated rings. The molecule has 0 aromatic heterocycles. The number of nitro groups is 1. The van der Waals surface area contributed by atoms with Crippen LogP contribution < -0.4 is 5.32 Å². The molecule has 0 bridgehead atoms. The van der Waals surface area contributed by atoms with Crippen LogP contribution in [0.3, 0.4) is 0 Å². The number of carbonyl (C=O) groups is 3. The molecule has 0 unspecified atom stereocenters. The van der Waals surface area contributed by atoms with Crippen LogP contribution in [-0.4, -0.2) is 34.6 Å². The molecule has 0 atom stereocenters. The molecule has 3 rings (SSSR count). The number of amides is 3. The summed E-state index contributed by atoms with van der Waals surface area (Å²) in [5, 5.41) is 13.5. The molecule has 120 valence electrons. The first-order valence-corrected chi connectivity index (χ1v) is 6.91. The molecule has 1 N–H and O–H groups in total. The molecule has 2 aromatic rings. The Kier molecular flexibility index (Phi) is 3.57. The average molecular weight is 325 g/mol. The Labute approximate surface area is 135 Å². The smallest absolute Gasteiger partial charge is 0.282 e. The lowest BCUT2D eigenvalue weighted by molar-refractivity contribution is -0.385. The van der Waals surface area contributed by atoms with Gasteiger partial charge < -0.3 is 5.32 Å². The van der Waals surface area contributed by atoms with Crippen LogP contribution in [0.1, 0.15) is 31.1 Å². The van der Waals surface area contributed by atoms with E-state index in [1.165, 1.54) is 49.5 Å². The monoisotopic (exact) mass is 325 g/mol. The molecule has 0 aliphatic carbocycles. The van der Waals surface area contributed by atoms with Gasteiger partial charge in [0.15, 0.2) is 0 Å². The summed E-state index contributed by atoms with van der Waals surface area (Å²) < 4.78 is 0. The average Bonchev–Trinajstić information content (AvgIpc) is 2.79. The van der Waals surface area contributed by atoms with Crippen molar-refractivity contribution in [3.8, 4) is 0 Å². The third-order valence-corrected chi connectivity index (χ3v) is 3.69. The van der Waals surface area contributed by atoms with Crippen molar-refractivity contribution in [1.29, 1.82) is 0 Å². The number of fused-ring (bicyclic) bond motifs is 1. The number of carbonyl (C=O) groups excluding carboxylic acids is 3. The normalized spacial score (nSPS) is 13.0. The highest BCUT2D eigenvalue weighted by Crippen LogP contribution is 2.26. The first-order chi connectivity index (χ1) is 11.4. The van der Waals surface area contributed by atoms with Gasteiger partial charge in [0, 0.05) is 18.8 Å². The highest BCUT2D eigenvalue weighted by molar-refractivity contribution is 6.21. The van der Waals surface area contributed by atoms with Crippen LogP contribution in [-0.2, 0) is 0 Å². The van der Waals surface area contributed by atoms with E-state index >= 15 is 0 Å². The predicted molar refractivity (Wildman–Crippen MR) is 83.9 cm³/mol. The van der Waals surface area contributed by atoms with Gasteiger partial charge in [0.1, 0.15) is 5.56 Å². The first kappa shape index (κ1) is 15.3. The summed E-state index contributed by atoms with van der Waals surface area (Å²) in [6.45, 7) is 0. The highest BCUT2D eigenvalue weighted by Gasteiger charge is 2.33. The molecule has 1 aliphatic rings. The number of hydrogen-bond acceptors (Lipinski definition) is 5. The lowest BCUT2D eigenvalue weighted by Crippen LogP contribution is -2.24. The summed E-state index contributed by atoms with van der Waals surface area (Å²) in [4.78, 5) is 47.4. The number of rotatable bonds is 3. The number of hydrogen-bond donors (Lipinski definition) is 1. The second-order valence-electron chi connectivity index (χ2n) is 5.16. The van der Waals surface area contributed by atoms with Gasteiger partial charge in [0.25, 0.3) is 23.4 Å². The van der Waals surface area contributed by atoms with Crippen LogP contribution >= 0.6 is 0 Å². The van der Waals surface area contributed by atoms with Gasteiger partial charge in [0.2, 0.25) is 0 Å². The quantitative estimate of drug-likeness (QED) is 0.528. The molecule has 0 saturated heterocycles. The zero-order chi connectivity index (χ0) is 17.4. The SMILES string of the molecule is CN1C(=O)c2ccc(NC(=O)c3ccccc3[N+](=O)[O-])cc2C1=O. The second-order valence-corrected chi connectivity index (χ2v) is 5.16. The van der Waals surface area contributed by atoms with E-state index in [2.05, 4.69) is 5.32 Å². The number of anilines is 1. The molecule has 3 amide bonds. The summed E-state index contributed by atoms with van der Waals surface area (Å²) in [6.07, 6.45) is 0. The van der Waals surface area contributed by atoms with Gasteiger partial charge in [-0.15, -0.1) is 0 Å². The Hall–Kier alpha value is -3.55. The van der Waals surface area contributed by atoms with E-state index in [0.29, 0.717) is 0 Å². The molecule has 0 spiro atoms. The van der Waals surface area contributed by atoms with E-state index in [9.17, 15) is 24.5 Å². The molecular formula is C16H11N3O5. The van der Waals surface area contributed by atoms with Gasteiger partial charge >= 0.3 is 0 Å². The third-order valence-electron chi connectivity index (χ3n) is 3.69. The van der Waals surface area contributed by atoms with Crippen LogP contribution in [0.15, 0.2) is 42.5 Å². The number of nitrogens with one attached hydrogen (secondary N) is 1. The Morgan fingerprint density at radius 3 is 2.46 bits per heavy atom. The van der Waals surface area contributed by atoms with Gasteiger partial charge in [-0.3, -0.25) is 29.4 Å². The fourth-order valence-corrected chi connectivity index (χ4v) is 2.46. The van der Waals surface area contributed by atoms with Gasteiger partial charge in [0.05, 0.1) is 16.1 Å². The summed E-state index contributed by atoms with van der Waals surface area (Å²) >= 11 is 0. The molecule has 0 saturated carbocycles. The molecule has 1 heterocycles. The second kappa shape index (κ2) is 5.58. The number of benzene rings is 2. The minimum Gasteiger partial charge on any atom is -0.322 e. The van der Waals surface area contributed by atoms with E-state index in [1.807, 2.05) is 0 Å². The Morgan fingerprint density at radius 2 is 1.75 bits per heavy atom. The molecule has 2 aromatic carbocycles. The molecule has 8 heteroatoms. The summed E-state index contributed by atoms with van der Waals surface area (Å²) in [5.41, 5.74) is 0.298. The summed E-state index contributed by atoms with van der Waals surface area (Å²) in [7, 11) is 1.37. The largest absolute Gasteiger partial charge is 0.322 e. The van der Waals surface area contributed by atoms with Crippen LogP contribution in [0.2, 0.25) is 0 Å².